The summed E-state index contributed by atoms with van der Waals surface area (Å²) in [6.45, 7) is 2.04. The molecule has 0 radical (unpaired) electrons. The molecule has 1 unspecified atom stereocenters. The molecule has 0 heterocycles. The Morgan fingerprint density at radius 3 is 3.00 bits per heavy atom. The number of rotatable bonds is 4. The fraction of sp³-hybridized carbons (Fsp3) is 0.333. The zero-order valence-electron chi connectivity index (χ0n) is 9.60. The third-order valence-corrected chi connectivity index (χ3v) is 2.22. The van der Waals surface area contributed by atoms with E-state index in [9.17, 15) is 9.90 Å². The maximum Gasteiger partial charge on any atom is 0.319 e. The molecule has 0 aliphatic carbocycles. The third kappa shape index (κ3) is 4.53. The number of nitrogens with zero attached hydrogens (tertiary/aromatic N) is 1. The molecule has 1 aromatic rings. The molecule has 0 aliphatic heterocycles. The van der Waals surface area contributed by atoms with Crippen molar-refractivity contribution in [1.82, 2.24) is 5.32 Å². The molecular formula is C12H15N3O2. The summed E-state index contributed by atoms with van der Waals surface area (Å²) in [6, 6.07) is 8.21. The van der Waals surface area contributed by atoms with Gasteiger partial charge in [-0.2, -0.15) is 5.26 Å². The Kier molecular flexibility index (Phi) is 4.98. The fourth-order valence-corrected chi connectivity index (χ4v) is 1.20. The first-order chi connectivity index (χ1) is 8.15. The normalized spacial score (nSPS) is 11.4. The number of hydrogen-bond acceptors (Lipinski definition) is 3. The number of carbonyl (C=O) groups is 1. The lowest BCUT2D eigenvalue weighted by Crippen LogP contribution is -2.34. The van der Waals surface area contributed by atoms with Gasteiger partial charge in [0, 0.05) is 12.2 Å². The zero-order valence-corrected chi connectivity index (χ0v) is 9.60. The van der Waals surface area contributed by atoms with Crippen LogP contribution >= 0.6 is 0 Å². The second-order valence-electron chi connectivity index (χ2n) is 3.59. The summed E-state index contributed by atoms with van der Waals surface area (Å²) >= 11 is 0. The fourth-order valence-electron chi connectivity index (χ4n) is 1.20. The van der Waals surface area contributed by atoms with Gasteiger partial charge < -0.3 is 15.7 Å². The Morgan fingerprint density at radius 2 is 2.35 bits per heavy atom. The van der Waals surface area contributed by atoms with Gasteiger partial charge in [0.2, 0.25) is 0 Å². The Morgan fingerprint density at radius 1 is 1.59 bits per heavy atom. The number of aliphatic hydroxyl groups excluding tert-OH is 1. The van der Waals surface area contributed by atoms with Crippen molar-refractivity contribution in [1.29, 1.82) is 5.26 Å². The monoisotopic (exact) mass is 233 g/mol. The smallest absolute Gasteiger partial charge is 0.319 e. The molecule has 2 amide bonds. The van der Waals surface area contributed by atoms with Gasteiger partial charge in [-0.3, -0.25) is 0 Å². The lowest BCUT2D eigenvalue weighted by molar-refractivity contribution is 0.168. The van der Waals surface area contributed by atoms with E-state index in [0.29, 0.717) is 17.7 Å². The van der Waals surface area contributed by atoms with Crippen LogP contribution in [0.15, 0.2) is 24.3 Å². The highest BCUT2D eigenvalue weighted by molar-refractivity contribution is 5.89. The van der Waals surface area contributed by atoms with Gasteiger partial charge in [-0.25, -0.2) is 4.79 Å². The van der Waals surface area contributed by atoms with Crippen molar-refractivity contribution in [2.75, 3.05) is 11.9 Å². The van der Waals surface area contributed by atoms with E-state index in [0.717, 1.165) is 0 Å². The molecular weight excluding hydrogens is 218 g/mol. The SMILES string of the molecule is CCC(O)CNC(=O)Nc1cccc(C#N)c1. The summed E-state index contributed by atoms with van der Waals surface area (Å²) < 4.78 is 0. The van der Waals surface area contributed by atoms with E-state index in [1.54, 1.807) is 24.3 Å². The maximum absolute atomic E-state index is 11.4. The Bertz CT molecular complexity index is 426. The van der Waals surface area contributed by atoms with Crippen LogP contribution < -0.4 is 10.6 Å². The highest BCUT2D eigenvalue weighted by Crippen LogP contribution is 2.09. The third-order valence-electron chi connectivity index (χ3n) is 2.22. The average Bonchev–Trinajstić information content (AvgIpc) is 2.36. The number of amides is 2. The van der Waals surface area contributed by atoms with E-state index in [2.05, 4.69) is 10.6 Å². The van der Waals surface area contributed by atoms with Gasteiger partial charge in [-0.05, 0) is 24.6 Å². The number of aliphatic hydroxyl groups is 1. The number of nitrogens with one attached hydrogen (secondary N) is 2. The Labute approximate surface area is 100 Å². The van der Waals surface area contributed by atoms with E-state index < -0.39 is 12.1 Å². The van der Waals surface area contributed by atoms with Crippen LogP contribution in [0.5, 0.6) is 0 Å². The minimum atomic E-state index is -0.536. The van der Waals surface area contributed by atoms with E-state index in [4.69, 9.17) is 5.26 Å². The van der Waals surface area contributed by atoms with Gasteiger partial charge >= 0.3 is 6.03 Å². The van der Waals surface area contributed by atoms with E-state index in [-0.39, 0.29) is 6.54 Å². The minimum Gasteiger partial charge on any atom is -0.391 e. The number of benzene rings is 1. The molecule has 3 N–H and O–H groups in total. The zero-order chi connectivity index (χ0) is 12.7. The standard InChI is InChI=1S/C12H15N3O2/c1-2-11(16)8-14-12(17)15-10-5-3-4-9(6-10)7-13/h3-6,11,16H,2,8H2,1H3,(H2,14,15,17). The molecule has 1 rings (SSSR count). The van der Waals surface area contributed by atoms with Crippen molar-refractivity contribution >= 4 is 11.7 Å². The number of urea groups is 1. The van der Waals surface area contributed by atoms with Crippen molar-refractivity contribution in [2.24, 2.45) is 0 Å². The van der Waals surface area contributed by atoms with Crippen molar-refractivity contribution in [2.45, 2.75) is 19.4 Å². The van der Waals surface area contributed by atoms with Crippen LogP contribution in [-0.4, -0.2) is 23.8 Å². The molecule has 5 heteroatoms. The minimum absolute atomic E-state index is 0.209. The second-order valence-corrected chi connectivity index (χ2v) is 3.59. The summed E-state index contributed by atoms with van der Waals surface area (Å²) in [5, 5.41) is 23.1. The lowest BCUT2D eigenvalue weighted by Gasteiger charge is -2.10. The van der Waals surface area contributed by atoms with E-state index in [1.165, 1.54) is 0 Å². The largest absolute Gasteiger partial charge is 0.391 e. The van der Waals surface area contributed by atoms with E-state index >= 15 is 0 Å². The van der Waals surface area contributed by atoms with Crippen LogP contribution in [0.2, 0.25) is 0 Å². The Hall–Kier alpha value is -2.06. The van der Waals surface area contributed by atoms with Gasteiger partial charge in [0.1, 0.15) is 0 Å². The molecule has 0 saturated carbocycles. The molecule has 0 saturated heterocycles. The van der Waals surface area contributed by atoms with Crippen LogP contribution in [0.25, 0.3) is 0 Å². The van der Waals surface area contributed by atoms with Crippen LogP contribution in [-0.2, 0) is 0 Å². The highest BCUT2D eigenvalue weighted by atomic mass is 16.3. The van der Waals surface area contributed by atoms with Crippen molar-refractivity contribution < 1.29 is 9.90 Å². The second kappa shape index (κ2) is 6.51. The molecule has 1 aromatic carbocycles. The number of carbonyl (C=O) groups excluding carboxylic acids is 1. The molecule has 0 fully saturated rings. The predicted octanol–water partition coefficient (Wildman–Crippen LogP) is 1.45. The van der Waals surface area contributed by atoms with Gasteiger partial charge in [-0.1, -0.05) is 13.0 Å². The number of hydrogen-bond donors (Lipinski definition) is 3. The van der Waals surface area contributed by atoms with Crippen molar-refractivity contribution in [3.63, 3.8) is 0 Å². The summed E-state index contributed by atoms with van der Waals surface area (Å²) in [7, 11) is 0. The van der Waals surface area contributed by atoms with Gasteiger partial charge in [0.15, 0.2) is 0 Å². The van der Waals surface area contributed by atoms with Crippen molar-refractivity contribution in [3.05, 3.63) is 29.8 Å². The molecule has 5 nitrogen and oxygen atoms in total. The predicted molar refractivity (Wildman–Crippen MR) is 64.5 cm³/mol. The summed E-state index contributed by atoms with van der Waals surface area (Å²) in [5.74, 6) is 0. The van der Waals surface area contributed by atoms with Crippen LogP contribution in [0.1, 0.15) is 18.9 Å². The molecule has 17 heavy (non-hydrogen) atoms. The number of anilines is 1. The topological polar surface area (TPSA) is 85.2 Å². The van der Waals surface area contributed by atoms with Crippen LogP contribution in [0, 0.1) is 11.3 Å². The molecule has 0 aliphatic rings. The summed E-state index contributed by atoms with van der Waals surface area (Å²) in [5.41, 5.74) is 1.03. The molecule has 0 spiro atoms. The van der Waals surface area contributed by atoms with Gasteiger partial charge in [-0.15, -0.1) is 0 Å². The van der Waals surface area contributed by atoms with Crippen LogP contribution in [0.4, 0.5) is 10.5 Å². The summed E-state index contributed by atoms with van der Waals surface area (Å²) in [6.07, 6.45) is 0.0516. The quantitative estimate of drug-likeness (QED) is 0.735. The lowest BCUT2D eigenvalue weighted by atomic mass is 10.2. The maximum atomic E-state index is 11.4. The highest BCUT2D eigenvalue weighted by Gasteiger charge is 2.05. The van der Waals surface area contributed by atoms with E-state index in [1.807, 2.05) is 13.0 Å². The first-order valence-corrected chi connectivity index (χ1v) is 5.38. The Balaban J connectivity index is 2.48. The number of nitriles is 1. The first-order valence-electron chi connectivity index (χ1n) is 5.38. The summed E-state index contributed by atoms with van der Waals surface area (Å²) in [4.78, 5) is 11.4. The van der Waals surface area contributed by atoms with Gasteiger partial charge in [0.25, 0.3) is 0 Å². The van der Waals surface area contributed by atoms with Crippen LogP contribution in [0.3, 0.4) is 0 Å². The van der Waals surface area contributed by atoms with Crippen molar-refractivity contribution in [3.8, 4) is 6.07 Å². The molecule has 0 bridgehead atoms. The molecule has 1 atom stereocenters. The first kappa shape index (κ1) is 13.0. The molecule has 90 valence electrons. The van der Waals surface area contributed by atoms with Gasteiger partial charge in [0.05, 0.1) is 17.7 Å². The average molecular weight is 233 g/mol. The molecule has 0 aromatic heterocycles.